The van der Waals surface area contributed by atoms with E-state index >= 15 is 0 Å². The van der Waals surface area contributed by atoms with Gasteiger partial charge in [0, 0.05) is 5.56 Å². The molecule has 0 amide bonds. The minimum atomic E-state index is -0.469. The minimum absolute atomic E-state index is 0.428. The van der Waals surface area contributed by atoms with Crippen molar-refractivity contribution < 1.29 is 4.42 Å². The van der Waals surface area contributed by atoms with Crippen molar-refractivity contribution in [2.24, 2.45) is 0 Å². The van der Waals surface area contributed by atoms with Crippen LogP contribution in [0.1, 0.15) is 18.7 Å². The molecule has 0 aliphatic heterocycles. The van der Waals surface area contributed by atoms with Crippen LogP contribution in [0.2, 0.25) is 0 Å². The van der Waals surface area contributed by atoms with E-state index in [0.29, 0.717) is 16.9 Å². The first kappa shape index (κ1) is 11.1. The number of oxazole rings is 1. The van der Waals surface area contributed by atoms with Crippen molar-refractivity contribution in [3.8, 4) is 17.3 Å². The second-order valence-electron chi connectivity index (χ2n) is 5.06. The van der Waals surface area contributed by atoms with Crippen LogP contribution in [0.4, 0.5) is 0 Å². The molecule has 1 saturated carbocycles. The highest BCUT2D eigenvalue weighted by atomic mass is 16.4. The Hall–Kier alpha value is -2.81. The van der Waals surface area contributed by atoms with Gasteiger partial charge in [-0.15, -0.1) is 0 Å². The molecule has 20 heavy (non-hydrogen) atoms. The zero-order valence-electron chi connectivity index (χ0n) is 10.4. The number of rotatable bonds is 2. The molecule has 0 unspecified atom stereocenters. The fourth-order valence-corrected chi connectivity index (χ4v) is 2.35. The Morgan fingerprint density at radius 1 is 1.35 bits per heavy atom. The molecule has 1 aliphatic carbocycles. The molecule has 2 aromatic heterocycles. The molecule has 98 valence electrons. The van der Waals surface area contributed by atoms with Gasteiger partial charge in [-0.05, 0) is 25.0 Å². The SMILES string of the molecule is N#CC1(c2ncc(-c3ccc4[nH]c(=O)oc4c3)[nH]2)CC1. The predicted molar refractivity (Wildman–Crippen MR) is 70.9 cm³/mol. The van der Waals surface area contributed by atoms with Crippen LogP contribution in [-0.4, -0.2) is 15.0 Å². The van der Waals surface area contributed by atoms with Gasteiger partial charge in [0.15, 0.2) is 5.58 Å². The third-order valence-electron chi connectivity index (χ3n) is 3.73. The van der Waals surface area contributed by atoms with Crippen LogP contribution in [0.25, 0.3) is 22.4 Å². The van der Waals surface area contributed by atoms with Gasteiger partial charge in [-0.2, -0.15) is 5.26 Å². The van der Waals surface area contributed by atoms with Gasteiger partial charge in [0.1, 0.15) is 11.2 Å². The number of imidazole rings is 1. The number of nitriles is 1. The third kappa shape index (κ3) is 1.50. The summed E-state index contributed by atoms with van der Waals surface area (Å²) in [5.41, 5.74) is 2.42. The molecular formula is C14H10N4O2. The monoisotopic (exact) mass is 266 g/mol. The number of hydrogen-bond acceptors (Lipinski definition) is 4. The summed E-state index contributed by atoms with van der Waals surface area (Å²) in [4.78, 5) is 21.2. The minimum Gasteiger partial charge on any atom is -0.408 e. The van der Waals surface area contributed by atoms with Crippen LogP contribution in [0.15, 0.2) is 33.6 Å². The average molecular weight is 266 g/mol. The van der Waals surface area contributed by atoms with Crippen molar-refractivity contribution in [1.82, 2.24) is 15.0 Å². The van der Waals surface area contributed by atoms with Gasteiger partial charge in [0.25, 0.3) is 0 Å². The van der Waals surface area contributed by atoms with E-state index in [1.807, 2.05) is 6.07 Å². The molecule has 1 aromatic carbocycles. The van der Waals surface area contributed by atoms with Crippen LogP contribution in [0, 0.1) is 11.3 Å². The molecule has 1 fully saturated rings. The summed E-state index contributed by atoms with van der Waals surface area (Å²) in [5, 5.41) is 9.17. The molecule has 0 saturated heterocycles. The fraction of sp³-hybridized carbons (Fsp3) is 0.214. The van der Waals surface area contributed by atoms with Gasteiger partial charge in [-0.1, -0.05) is 6.07 Å². The van der Waals surface area contributed by atoms with E-state index in [1.165, 1.54) is 0 Å². The molecule has 0 spiro atoms. The van der Waals surface area contributed by atoms with Gasteiger partial charge in [0.2, 0.25) is 0 Å². The first-order valence-electron chi connectivity index (χ1n) is 6.30. The first-order valence-corrected chi connectivity index (χ1v) is 6.30. The number of fused-ring (bicyclic) bond motifs is 1. The summed E-state index contributed by atoms with van der Waals surface area (Å²) in [6, 6.07) is 7.74. The zero-order chi connectivity index (χ0) is 13.7. The summed E-state index contributed by atoms with van der Waals surface area (Å²) in [6.07, 6.45) is 3.41. The second kappa shape index (κ2) is 3.61. The van der Waals surface area contributed by atoms with E-state index in [2.05, 4.69) is 21.0 Å². The predicted octanol–water partition coefficient (Wildman–Crippen LogP) is 2.07. The average Bonchev–Trinajstić information content (AvgIpc) is 2.93. The summed E-state index contributed by atoms with van der Waals surface area (Å²) in [5.74, 6) is 0.245. The lowest BCUT2D eigenvalue weighted by Gasteiger charge is -2.00. The van der Waals surface area contributed by atoms with Gasteiger partial charge < -0.3 is 9.40 Å². The van der Waals surface area contributed by atoms with Gasteiger partial charge in [-0.3, -0.25) is 4.98 Å². The molecule has 0 bridgehead atoms. The van der Waals surface area contributed by atoms with Crippen molar-refractivity contribution in [3.63, 3.8) is 0 Å². The van der Waals surface area contributed by atoms with Crippen LogP contribution >= 0.6 is 0 Å². The van der Waals surface area contributed by atoms with Crippen molar-refractivity contribution in [3.05, 3.63) is 40.8 Å². The normalized spacial score (nSPS) is 16.1. The largest absolute Gasteiger partial charge is 0.417 e. The lowest BCUT2D eigenvalue weighted by molar-refractivity contribution is 0.555. The van der Waals surface area contributed by atoms with Gasteiger partial charge in [-0.25, -0.2) is 9.78 Å². The number of benzene rings is 1. The highest BCUT2D eigenvalue weighted by molar-refractivity contribution is 5.78. The maximum atomic E-state index is 11.1. The molecule has 4 rings (SSSR count). The second-order valence-corrected chi connectivity index (χ2v) is 5.06. The van der Waals surface area contributed by atoms with Crippen molar-refractivity contribution >= 4 is 11.1 Å². The Kier molecular flexibility index (Phi) is 1.99. The smallest absolute Gasteiger partial charge is 0.408 e. The molecule has 3 aromatic rings. The van der Waals surface area contributed by atoms with Crippen LogP contribution in [0.3, 0.4) is 0 Å². The molecular weight excluding hydrogens is 256 g/mol. The summed E-state index contributed by atoms with van der Waals surface area (Å²) in [7, 11) is 0. The number of H-pyrrole nitrogens is 2. The highest BCUT2D eigenvalue weighted by Crippen LogP contribution is 2.46. The number of nitrogens with zero attached hydrogens (tertiary/aromatic N) is 2. The van der Waals surface area contributed by atoms with E-state index < -0.39 is 11.2 Å². The van der Waals surface area contributed by atoms with E-state index in [1.54, 1.807) is 18.3 Å². The molecule has 6 heteroatoms. The summed E-state index contributed by atoms with van der Waals surface area (Å²) >= 11 is 0. The summed E-state index contributed by atoms with van der Waals surface area (Å²) in [6.45, 7) is 0. The van der Waals surface area contributed by atoms with E-state index in [-0.39, 0.29) is 0 Å². The summed E-state index contributed by atoms with van der Waals surface area (Å²) < 4.78 is 5.04. The lowest BCUT2D eigenvalue weighted by atomic mass is 10.1. The highest BCUT2D eigenvalue weighted by Gasteiger charge is 2.47. The maximum absolute atomic E-state index is 11.1. The topological polar surface area (TPSA) is 98.5 Å². The zero-order valence-corrected chi connectivity index (χ0v) is 10.4. The van der Waals surface area contributed by atoms with Gasteiger partial charge in [0.05, 0.1) is 23.5 Å². The van der Waals surface area contributed by atoms with Crippen LogP contribution in [0.5, 0.6) is 0 Å². The molecule has 0 atom stereocenters. The van der Waals surface area contributed by atoms with E-state index in [4.69, 9.17) is 4.42 Å². The Morgan fingerprint density at radius 2 is 2.20 bits per heavy atom. The molecule has 0 radical (unpaired) electrons. The standard InChI is InChI=1S/C14H10N4O2/c15-7-14(3-4-14)12-16-6-10(17-12)8-1-2-9-11(5-8)20-13(19)18-9/h1-2,5-6H,3-4H2,(H,16,17)(H,18,19). The fourth-order valence-electron chi connectivity index (χ4n) is 2.35. The molecule has 6 nitrogen and oxygen atoms in total. The number of aromatic amines is 2. The van der Waals surface area contributed by atoms with E-state index in [9.17, 15) is 10.1 Å². The lowest BCUT2D eigenvalue weighted by Crippen LogP contribution is -2.04. The van der Waals surface area contributed by atoms with E-state index in [0.717, 1.165) is 24.1 Å². The Balaban J connectivity index is 1.79. The number of hydrogen-bond donors (Lipinski definition) is 2. The Labute approximate surface area is 113 Å². The van der Waals surface area contributed by atoms with Gasteiger partial charge >= 0.3 is 5.76 Å². The molecule has 1 aliphatic rings. The maximum Gasteiger partial charge on any atom is 0.417 e. The number of nitrogens with one attached hydrogen (secondary N) is 2. The van der Waals surface area contributed by atoms with Crippen molar-refractivity contribution in [1.29, 1.82) is 5.26 Å². The van der Waals surface area contributed by atoms with Crippen molar-refractivity contribution in [2.45, 2.75) is 18.3 Å². The third-order valence-corrected chi connectivity index (χ3v) is 3.73. The Bertz CT molecular complexity index is 905. The first-order chi connectivity index (χ1) is 9.70. The quantitative estimate of drug-likeness (QED) is 0.741. The van der Waals surface area contributed by atoms with Crippen LogP contribution < -0.4 is 5.76 Å². The van der Waals surface area contributed by atoms with Crippen LogP contribution in [-0.2, 0) is 5.41 Å². The number of aromatic nitrogens is 3. The Morgan fingerprint density at radius 3 is 2.95 bits per heavy atom. The van der Waals surface area contributed by atoms with Crippen molar-refractivity contribution in [2.75, 3.05) is 0 Å². The molecule has 2 N–H and O–H groups in total. The molecule has 2 heterocycles.